The van der Waals surface area contributed by atoms with Crippen molar-refractivity contribution in [3.05, 3.63) is 51.2 Å². The number of hydrogen-bond donors (Lipinski definition) is 2. The van der Waals surface area contributed by atoms with Gasteiger partial charge in [0.15, 0.2) is 0 Å². The highest BCUT2D eigenvalue weighted by Crippen LogP contribution is 2.29. The van der Waals surface area contributed by atoms with Crippen LogP contribution >= 0.6 is 27.5 Å². The van der Waals surface area contributed by atoms with Crippen molar-refractivity contribution >= 4 is 27.5 Å². The maximum absolute atomic E-state index is 6.19. The molecule has 6 heteroatoms. The second-order valence-corrected chi connectivity index (χ2v) is 4.97. The summed E-state index contributed by atoms with van der Waals surface area (Å²) in [5, 5.41) is 4.79. The molecule has 0 saturated carbocycles. The van der Waals surface area contributed by atoms with Gasteiger partial charge in [-0.1, -0.05) is 27.5 Å². The van der Waals surface area contributed by atoms with Crippen LogP contribution in [0.4, 0.5) is 0 Å². The van der Waals surface area contributed by atoms with E-state index in [1.54, 1.807) is 10.9 Å². The van der Waals surface area contributed by atoms with Crippen LogP contribution in [0.5, 0.6) is 0 Å². The van der Waals surface area contributed by atoms with Crippen molar-refractivity contribution in [2.45, 2.75) is 6.04 Å². The summed E-state index contributed by atoms with van der Waals surface area (Å²) < 4.78 is 2.72. The van der Waals surface area contributed by atoms with Gasteiger partial charge in [-0.3, -0.25) is 10.5 Å². The molecule has 1 heterocycles. The van der Waals surface area contributed by atoms with E-state index >= 15 is 0 Å². The third-order valence-corrected chi connectivity index (χ3v) is 3.43. The van der Waals surface area contributed by atoms with Crippen molar-refractivity contribution in [3.8, 4) is 0 Å². The van der Waals surface area contributed by atoms with Crippen molar-refractivity contribution in [2.75, 3.05) is 0 Å². The van der Waals surface area contributed by atoms with E-state index in [-0.39, 0.29) is 6.04 Å². The van der Waals surface area contributed by atoms with Gasteiger partial charge in [0, 0.05) is 22.7 Å². The first-order valence-electron chi connectivity index (χ1n) is 5.02. The lowest BCUT2D eigenvalue weighted by Crippen LogP contribution is -2.30. The Hall–Kier alpha value is -0.880. The summed E-state index contributed by atoms with van der Waals surface area (Å²) >= 11 is 9.62. The number of benzene rings is 1. The average molecular weight is 316 g/mol. The number of nitrogens with one attached hydrogen (secondary N) is 1. The van der Waals surface area contributed by atoms with Crippen LogP contribution in [0.3, 0.4) is 0 Å². The van der Waals surface area contributed by atoms with Gasteiger partial charge < -0.3 is 0 Å². The van der Waals surface area contributed by atoms with E-state index in [1.807, 2.05) is 31.3 Å². The summed E-state index contributed by atoms with van der Waals surface area (Å²) in [5.74, 6) is 5.62. The van der Waals surface area contributed by atoms with E-state index in [9.17, 15) is 0 Å². The fourth-order valence-electron chi connectivity index (χ4n) is 1.74. The summed E-state index contributed by atoms with van der Waals surface area (Å²) in [6, 6.07) is 7.39. The van der Waals surface area contributed by atoms with Gasteiger partial charge in [-0.2, -0.15) is 5.10 Å². The highest BCUT2D eigenvalue weighted by molar-refractivity contribution is 9.10. The lowest BCUT2D eigenvalue weighted by Gasteiger charge is -2.18. The lowest BCUT2D eigenvalue weighted by molar-refractivity contribution is 0.575. The molecule has 3 N–H and O–H groups in total. The molecule has 0 aliphatic rings. The largest absolute Gasteiger partial charge is 0.271 e. The fourth-order valence-corrected chi connectivity index (χ4v) is 2.34. The zero-order valence-corrected chi connectivity index (χ0v) is 11.5. The molecule has 0 radical (unpaired) electrons. The standard InChI is InChI=1S/C11H12BrClN4/c1-17-10(4-5-15-17)11(16-14)8-6-7(12)2-3-9(8)13/h2-6,11,16H,14H2,1H3. The van der Waals surface area contributed by atoms with Crippen LogP contribution in [0.1, 0.15) is 17.3 Å². The number of halogens is 2. The second-order valence-electron chi connectivity index (χ2n) is 3.65. The Balaban J connectivity index is 2.49. The summed E-state index contributed by atoms with van der Waals surface area (Å²) in [5.41, 5.74) is 4.62. The van der Waals surface area contributed by atoms with E-state index in [0.29, 0.717) is 5.02 Å². The predicted octanol–water partition coefficient (Wildman–Crippen LogP) is 2.39. The monoisotopic (exact) mass is 314 g/mol. The van der Waals surface area contributed by atoms with Crippen molar-refractivity contribution < 1.29 is 0 Å². The molecule has 0 amide bonds. The van der Waals surface area contributed by atoms with Crippen LogP contribution in [-0.2, 0) is 7.05 Å². The van der Waals surface area contributed by atoms with Crippen LogP contribution in [0, 0.1) is 0 Å². The van der Waals surface area contributed by atoms with Crippen molar-refractivity contribution in [2.24, 2.45) is 12.9 Å². The Morgan fingerprint density at radius 1 is 1.47 bits per heavy atom. The number of hydrazine groups is 1. The Morgan fingerprint density at radius 2 is 2.24 bits per heavy atom. The molecule has 1 atom stereocenters. The van der Waals surface area contributed by atoms with Crippen LogP contribution in [-0.4, -0.2) is 9.78 Å². The van der Waals surface area contributed by atoms with E-state index < -0.39 is 0 Å². The molecule has 2 rings (SSSR count). The molecule has 0 bridgehead atoms. The average Bonchev–Trinajstić information content (AvgIpc) is 2.71. The molecule has 1 aromatic heterocycles. The van der Waals surface area contributed by atoms with Gasteiger partial charge in [0.2, 0.25) is 0 Å². The SMILES string of the molecule is Cn1nccc1C(NN)c1cc(Br)ccc1Cl. The zero-order chi connectivity index (χ0) is 12.4. The minimum atomic E-state index is -0.188. The Bertz CT molecular complexity index is 526. The minimum absolute atomic E-state index is 0.188. The van der Waals surface area contributed by atoms with E-state index in [1.165, 1.54) is 0 Å². The van der Waals surface area contributed by atoms with Gasteiger partial charge in [-0.15, -0.1) is 0 Å². The third-order valence-electron chi connectivity index (χ3n) is 2.59. The number of nitrogens with zero attached hydrogens (tertiary/aromatic N) is 2. The Kier molecular flexibility index (Phi) is 3.83. The maximum atomic E-state index is 6.19. The molecule has 90 valence electrons. The van der Waals surface area contributed by atoms with Crippen molar-refractivity contribution in [1.82, 2.24) is 15.2 Å². The van der Waals surface area contributed by atoms with Gasteiger partial charge in [0.25, 0.3) is 0 Å². The molecule has 0 saturated heterocycles. The highest BCUT2D eigenvalue weighted by Gasteiger charge is 2.18. The maximum Gasteiger partial charge on any atom is 0.0892 e. The molecule has 1 aromatic carbocycles. The Labute approximate surface area is 113 Å². The normalized spacial score (nSPS) is 12.7. The first-order valence-corrected chi connectivity index (χ1v) is 6.19. The second kappa shape index (κ2) is 5.18. The molecule has 4 nitrogen and oxygen atoms in total. The Morgan fingerprint density at radius 3 is 2.82 bits per heavy atom. The number of rotatable bonds is 3. The van der Waals surface area contributed by atoms with E-state index in [4.69, 9.17) is 17.4 Å². The van der Waals surface area contributed by atoms with Gasteiger partial charge >= 0.3 is 0 Å². The number of nitrogens with two attached hydrogens (primary N) is 1. The zero-order valence-electron chi connectivity index (χ0n) is 9.19. The van der Waals surface area contributed by atoms with Crippen LogP contribution < -0.4 is 11.3 Å². The van der Waals surface area contributed by atoms with Gasteiger partial charge in [-0.05, 0) is 29.8 Å². The smallest absolute Gasteiger partial charge is 0.0892 e. The first kappa shape index (κ1) is 12.6. The van der Waals surface area contributed by atoms with Crippen molar-refractivity contribution in [1.29, 1.82) is 0 Å². The molecule has 0 spiro atoms. The molecule has 2 aromatic rings. The summed E-state index contributed by atoms with van der Waals surface area (Å²) in [4.78, 5) is 0. The fraction of sp³-hybridized carbons (Fsp3) is 0.182. The highest BCUT2D eigenvalue weighted by atomic mass is 79.9. The number of aromatic nitrogens is 2. The van der Waals surface area contributed by atoms with Gasteiger partial charge in [0.1, 0.15) is 0 Å². The molecule has 0 aliphatic carbocycles. The van der Waals surface area contributed by atoms with Crippen LogP contribution in [0.15, 0.2) is 34.9 Å². The number of hydrogen-bond acceptors (Lipinski definition) is 3. The molecule has 1 unspecified atom stereocenters. The lowest BCUT2D eigenvalue weighted by atomic mass is 10.0. The van der Waals surface area contributed by atoms with Crippen LogP contribution in [0.25, 0.3) is 0 Å². The summed E-state index contributed by atoms with van der Waals surface area (Å²) in [6.07, 6.45) is 1.73. The first-order chi connectivity index (χ1) is 8.13. The number of aryl methyl sites for hydroxylation is 1. The summed E-state index contributed by atoms with van der Waals surface area (Å²) in [7, 11) is 1.87. The molecular formula is C11H12BrClN4. The van der Waals surface area contributed by atoms with Crippen molar-refractivity contribution in [3.63, 3.8) is 0 Å². The topological polar surface area (TPSA) is 55.9 Å². The van der Waals surface area contributed by atoms with Gasteiger partial charge in [-0.25, -0.2) is 5.43 Å². The van der Waals surface area contributed by atoms with E-state index in [2.05, 4.69) is 26.5 Å². The van der Waals surface area contributed by atoms with E-state index in [0.717, 1.165) is 15.7 Å². The van der Waals surface area contributed by atoms with Gasteiger partial charge in [0.05, 0.1) is 11.7 Å². The molecule has 0 fully saturated rings. The molecular weight excluding hydrogens is 304 g/mol. The molecule has 0 aliphatic heterocycles. The quantitative estimate of drug-likeness (QED) is 0.675. The third kappa shape index (κ3) is 2.52. The van der Waals surface area contributed by atoms with Crippen LogP contribution in [0.2, 0.25) is 5.02 Å². The predicted molar refractivity (Wildman–Crippen MR) is 71.5 cm³/mol. The minimum Gasteiger partial charge on any atom is -0.271 e. The molecule has 17 heavy (non-hydrogen) atoms. The summed E-state index contributed by atoms with van der Waals surface area (Å²) in [6.45, 7) is 0.